The molecule has 0 saturated carbocycles. The first kappa shape index (κ1) is 14.9. The summed E-state index contributed by atoms with van der Waals surface area (Å²) in [6, 6.07) is 7.93. The monoisotopic (exact) mass is 266 g/mol. The van der Waals surface area contributed by atoms with Crippen LogP contribution in [0.2, 0.25) is 0 Å². The van der Waals surface area contributed by atoms with Gasteiger partial charge >= 0.3 is 0 Å². The maximum Gasteiger partial charge on any atom is 0.104 e. The third-order valence-corrected chi connectivity index (χ3v) is 2.77. The summed E-state index contributed by atoms with van der Waals surface area (Å²) < 4.78 is 5.71. The van der Waals surface area contributed by atoms with Crippen molar-refractivity contribution in [2.45, 2.75) is 26.4 Å². The van der Waals surface area contributed by atoms with E-state index in [0.29, 0.717) is 11.6 Å². The average molecular weight is 266 g/mol. The van der Waals surface area contributed by atoms with Gasteiger partial charge in [0, 0.05) is 24.8 Å². The van der Waals surface area contributed by atoms with E-state index in [2.05, 4.69) is 25.7 Å². The summed E-state index contributed by atoms with van der Waals surface area (Å²) in [5.74, 6) is 0. The lowest BCUT2D eigenvalue weighted by molar-refractivity contribution is 0.00168. The van der Waals surface area contributed by atoms with Crippen LogP contribution in [0.1, 0.15) is 26.3 Å². The molecule has 0 spiro atoms. The van der Waals surface area contributed by atoms with Crippen LogP contribution in [0.3, 0.4) is 0 Å². The Labute approximate surface area is 115 Å². The van der Waals surface area contributed by atoms with Gasteiger partial charge in [-0.15, -0.1) is 0 Å². The highest BCUT2D eigenvalue weighted by molar-refractivity contribution is 7.80. The van der Waals surface area contributed by atoms with E-state index in [1.807, 2.05) is 31.3 Å². The fraction of sp³-hybridized carbons (Fsp3) is 0.500. The quantitative estimate of drug-likeness (QED) is 0.831. The van der Waals surface area contributed by atoms with Crippen molar-refractivity contribution in [2.75, 3.05) is 25.1 Å². The molecule has 18 heavy (non-hydrogen) atoms. The molecule has 1 rings (SSSR count). The fourth-order valence-electron chi connectivity index (χ4n) is 1.51. The van der Waals surface area contributed by atoms with E-state index in [1.165, 1.54) is 0 Å². The highest BCUT2D eigenvalue weighted by atomic mass is 32.1. The Bertz CT molecular complexity index is 413. The molecule has 0 aromatic heterocycles. The minimum absolute atomic E-state index is 0.0957. The van der Waals surface area contributed by atoms with Crippen molar-refractivity contribution in [3.63, 3.8) is 0 Å². The molecule has 2 N–H and O–H groups in total. The molecule has 3 nitrogen and oxygen atoms in total. The predicted molar refractivity (Wildman–Crippen MR) is 81.3 cm³/mol. The first-order valence-corrected chi connectivity index (χ1v) is 6.45. The van der Waals surface area contributed by atoms with E-state index in [0.717, 1.165) is 17.8 Å². The van der Waals surface area contributed by atoms with Crippen molar-refractivity contribution >= 4 is 22.9 Å². The number of hydrogen-bond acceptors (Lipinski definition) is 3. The molecule has 0 atom stereocenters. The van der Waals surface area contributed by atoms with Crippen molar-refractivity contribution in [3.05, 3.63) is 29.8 Å². The van der Waals surface area contributed by atoms with Crippen molar-refractivity contribution in [1.82, 2.24) is 0 Å². The molecule has 0 unspecified atom stereocenters. The summed E-state index contributed by atoms with van der Waals surface area (Å²) in [7, 11) is 2.03. The van der Waals surface area contributed by atoms with Crippen molar-refractivity contribution in [2.24, 2.45) is 5.73 Å². The number of nitrogens with zero attached hydrogens (tertiary/aromatic N) is 1. The molecule has 4 heteroatoms. The van der Waals surface area contributed by atoms with Gasteiger partial charge in [0.05, 0.1) is 12.2 Å². The highest BCUT2D eigenvalue weighted by Crippen LogP contribution is 2.15. The Kier molecular flexibility index (Phi) is 5.11. The van der Waals surface area contributed by atoms with Crippen LogP contribution < -0.4 is 10.6 Å². The summed E-state index contributed by atoms with van der Waals surface area (Å²) in [4.78, 5) is 2.56. The smallest absolute Gasteiger partial charge is 0.104 e. The molecule has 0 saturated heterocycles. The number of benzene rings is 1. The number of anilines is 1. The first-order chi connectivity index (χ1) is 8.29. The lowest BCUT2D eigenvalue weighted by atomic mass is 10.2. The summed E-state index contributed by atoms with van der Waals surface area (Å²) >= 11 is 4.98. The summed E-state index contributed by atoms with van der Waals surface area (Å²) in [5, 5.41) is 0. The van der Waals surface area contributed by atoms with Gasteiger partial charge in [-0.1, -0.05) is 24.4 Å². The number of likely N-dealkylation sites (N-methyl/N-ethyl adjacent to an activating group) is 1. The Morgan fingerprint density at radius 3 is 2.61 bits per heavy atom. The average Bonchev–Trinajstić information content (AvgIpc) is 2.27. The molecule has 0 radical (unpaired) electrons. The first-order valence-electron chi connectivity index (χ1n) is 6.04. The second-order valence-electron chi connectivity index (χ2n) is 5.30. The largest absolute Gasteiger partial charge is 0.389 e. The number of nitrogens with two attached hydrogens (primary N) is 1. The van der Waals surface area contributed by atoms with Crippen LogP contribution in [0.4, 0.5) is 5.69 Å². The molecule has 0 amide bonds. The molecule has 0 aliphatic rings. The van der Waals surface area contributed by atoms with Crippen LogP contribution in [-0.4, -0.2) is 30.8 Å². The SMILES string of the molecule is CN(CCOC(C)(C)C)c1cccc(C(N)=S)c1. The Balaban J connectivity index is 2.59. The van der Waals surface area contributed by atoms with Crippen LogP contribution in [-0.2, 0) is 4.74 Å². The van der Waals surface area contributed by atoms with Crippen LogP contribution in [0.5, 0.6) is 0 Å². The molecule has 1 aromatic rings. The van der Waals surface area contributed by atoms with E-state index in [-0.39, 0.29) is 5.60 Å². The van der Waals surface area contributed by atoms with Gasteiger partial charge in [-0.2, -0.15) is 0 Å². The zero-order valence-corrected chi connectivity index (χ0v) is 12.4. The number of thiocarbonyl (C=S) groups is 1. The standard InChI is InChI=1S/C14H22N2OS/c1-14(2,3)17-9-8-16(4)12-7-5-6-11(10-12)13(15)18/h5-7,10H,8-9H2,1-4H3,(H2,15,18). The Morgan fingerprint density at radius 2 is 2.06 bits per heavy atom. The molecular formula is C14H22N2OS. The second-order valence-corrected chi connectivity index (χ2v) is 5.74. The van der Waals surface area contributed by atoms with Gasteiger partial charge in [-0.25, -0.2) is 0 Å². The second kappa shape index (κ2) is 6.16. The molecule has 100 valence electrons. The zero-order chi connectivity index (χ0) is 13.8. The van der Waals surface area contributed by atoms with Crippen LogP contribution in [0.25, 0.3) is 0 Å². The minimum atomic E-state index is -0.0957. The number of hydrogen-bond donors (Lipinski definition) is 1. The van der Waals surface area contributed by atoms with E-state index >= 15 is 0 Å². The lowest BCUT2D eigenvalue weighted by Crippen LogP contribution is -2.28. The number of ether oxygens (including phenoxy) is 1. The normalized spacial score (nSPS) is 11.3. The van der Waals surface area contributed by atoms with Gasteiger partial charge in [0.25, 0.3) is 0 Å². The van der Waals surface area contributed by atoms with E-state index in [1.54, 1.807) is 0 Å². The molecule has 0 bridgehead atoms. The van der Waals surface area contributed by atoms with Gasteiger partial charge in [0.2, 0.25) is 0 Å². The molecule has 0 heterocycles. The lowest BCUT2D eigenvalue weighted by Gasteiger charge is -2.24. The van der Waals surface area contributed by atoms with E-state index < -0.39 is 0 Å². The molecule has 0 fully saturated rings. The van der Waals surface area contributed by atoms with Crippen LogP contribution in [0.15, 0.2) is 24.3 Å². The van der Waals surface area contributed by atoms with Gasteiger partial charge in [0.1, 0.15) is 4.99 Å². The van der Waals surface area contributed by atoms with Crippen molar-refractivity contribution in [3.8, 4) is 0 Å². The third kappa shape index (κ3) is 5.02. The Morgan fingerprint density at radius 1 is 1.39 bits per heavy atom. The van der Waals surface area contributed by atoms with E-state index in [4.69, 9.17) is 22.7 Å². The van der Waals surface area contributed by atoms with Crippen molar-refractivity contribution < 1.29 is 4.74 Å². The fourth-order valence-corrected chi connectivity index (χ4v) is 1.64. The third-order valence-electron chi connectivity index (χ3n) is 2.53. The van der Waals surface area contributed by atoms with Crippen LogP contribution in [0, 0.1) is 0 Å². The van der Waals surface area contributed by atoms with Gasteiger partial charge in [-0.05, 0) is 32.9 Å². The topological polar surface area (TPSA) is 38.5 Å². The zero-order valence-electron chi connectivity index (χ0n) is 11.6. The minimum Gasteiger partial charge on any atom is -0.389 e. The molecular weight excluding hydrogens is 244 g/mol. The number of rotatable bonds is 5. The summed E-state index contributed by atoms with van der Waals surface area (Å²) in [5.41, 5.74) is 7.52. The maximum absolute atomic E-state index is 5.71. The van der Waals surface area contributed by atoms with Crippen molar-refractivity contribution in [1.29, 1.82) is 0 Å². The van der Waals surface area contributed by atoms with Gasteiger partial charge < -0.3 is 15.4 Å². The molecule has 1 aromatic carbocycles. The van der Waals surface area contributed by atoms with Gasteiger partial charge in [0.15, 0.2) is 0 Å². The highest BCUT2D eigenvalue weighted by Gasteiger charge is 2.10. The summed E-state index contributed by atoms with van der Waals surface area (Å²) in [6.07, 6.45) is 0. The van der Waals surface area contributed by atoms with E-state index in [9.17, 15) is 0 Å². The summed E-state index contributed by atoms with van der Waals surface area (Å²) in [6.45, 7) is 7.69. The maximum atomic E-state index is 5.71. The molecule has 0 aliphatic carbocycles. The predicted octanol–water partition coefficient (Wildman–Crippen LogP) is 2.57. The molecule has 0 aliphatic heterocycles. The van der Waals surface area contributed by atoms with Crippen LogP contribution >= 0.6 is 12.2 Å². The Hall–Kier alpha value is -1.13. The van der Waals surface area contributed by atoms with Gasteiger partial charge in [-0.3, -0.25) is 0 Å².